The van der Waals surface area contributed by atoms with Gasteiger partial charge in [-0.2, -0.15) is 0 Å². The molecule has 20 heavy (non-hydrogen) atoms. The lowest BCUT2D eigenvalue weighted by molar-refractivity contribution is 0.551. The molecule has 0 atom stereocenters. The number of nitrogens with two attached hydrogens (primary N) is 1. The molecule has 0 saturated carbocycles. The van der Waals surface area contributed by atoms with Crippen molar-refractivity contribution in [3.63, 3.8) is 0 Å². The number of para-hydroxylation sites is 1. The fourth-order valence-corrected chi connectivity index (χ4v) is 2.45. The summed E-state index contributed by atoms with van der Waals surface area (Å²) in [5.74, 6) is 0. The van der Waals surface area contributed by atoms with Gasteiger partial charge in [-0.15, -0.1) is 0 Å². The molecular weight excluding hydrogens is 250 g/mol. The topological polar surface area (TPSA) is 56.2 Å². The van der Waals surface area contributed by atoms with Gasteiger partial charge in [0.1, 0.15) is 5.58 Å². The Kier molecular flexibility index (Phi) is 3.03. The molecule has 2 N–H and O–H groups in total. The lowest BCUT2D eigenvalue weighted by Gasteiger charge is -2.08. The Labute approximate surface area is 116 Å². The molecule has 0 unspecified atom stereocenters. The average molecular weight is 265 g/mol. The normalized spacial score (nSPS) is 10.8. The summed E-state index contributed by atoms with van der Waals surface area (Å²) < 4.78 is 5.39. The summed E-state index contributed by atoms with van der Waals surface area (Å²) in [6, 6.07) is 15.2. The minimum absolute atomic E-state index is 0.274. The summed E-state index contributed by atoms with van der Waals surface area (Å²) in [6.45, 7) is 1.96. The van der Waals surface area contributed by atoms with Crippen molar-refractivity contribution in [2.45, 2.75) is 13.3 Å². The van der Waals surface area contributed by atoms with E-state index in [-0.39, 0.29) is 5.63 Å². The summed E-state index contributed by atoms with van der Waals surface area (Å²) in [6.07, 6.45) is 0.532. The first-order valence-corrected chi connectivity index (χ1v) is 6.51. The summed E-state index contributed by atoms with van der Waals surface area (Å²) >= 11 is 0. The van der Waals surface area contributed by atoms with E-state index >= 15 is 0 Å². The van der Waals surface area contributed by atoms with Crippen molar-refractivity contribution >= 4 is 16.7 Å². The highest BCUT2D eigenvalue weighted by molar-refractivity contribution is 5.80. The summed E-state index contributed by atoms with van der Waals surface area (Å²) in [5, 5.41) is 0.978. The molecule has 0 spiro atoms. The molecule has 100 valence electrons. The highest BCUT2D eigenvalue weighted by Crippen LogP contribution is 2.21. The molecule has 0 aliphatic carbocycles. The van der Waals surface area contributed by atoms with Crippen molar-refractivity contribution in [2.75, 3.05) is 5.73 Å². The molecular formula is C17H15NO2. The highest BCUT2D eigenvalue weighted by Gasteiger charge is 2.11. The molecule has 0 saturated heterocycles. The molecule has 0 aliphatic heterocycles. The SMILES string of the molecule is Cc1c(Cc2cccc(N)c2)c(=O)oc2ccccc12. The van der Waals surface area contributed by atoms with Gasteiger partial charge >= 0.3 is 5.63 Å². The molecule has 1 heterocycles. The van der Waals surface area contributed by atoms with E-state index in [4.69, 9.17) is 10.2 Å². The number of aryl methyl sites for hydroxylation is 1. The van der Waals surface area contributed by atoms with Crippen LogP contribution in [0.5, 0.6) is 0 Å². The van der Waals surface area contributed by atoms with E-state index in [0.29, 0.717) is 23.3 Å². The molecule has 1 aromatic heterocycles. The van der Waals surface area contributed by atoms with Crippen LogP contribution in [0.1, 0.15) is 16.7 Å². The second-order valence-corrected chi connectivity index (χ2v) is 4.91. The maximum Gasteiger partial charge on any atom is 0.340 e. The first-order chi connectivity index (χ1) is 9.65. The van der Waals surface area contributed by atoms with Crippen molar-refractivity contribution in [3.8, 4) is 0 Å². The van der Waals surface area contributed by atoms with Crippen molar-refractivity contribution in [3.05, 3.63) is 75.6 Å². The fourth-order valence-electron chi connectivity index (χ4n) is 2.45. The number of fused-ring (bicyclic) bond motifs is 1. The van der Waals surface area contributed by atoms with E-state index in [1.54, 1.807) is 0 Å². The van der Waals surface area contributed by atoms with Crippen molar-refractivity contribution < 1.29 is 4.42 Å². The number of benzene rings is 2. The van der Waals surface area contributed by atoms with E-state index in [1.807, 2.05) is 55.5 Å². The van der Waals surface area contributed by atoms with Crippen molar-refractivity contribution in [1.82, 2.24) is 0 Å². The smallest absolute Gasteiger partial charge is 0.340 e. The van der Waals surface area contributed by atoms with E-state index in [1.165, 1.54) is 0 Å². The molecule has 3 aromatic rings. The number of nitrogen functional groups attached to an aromatic ring is 1. The average Bonchev–Trinajstić information content (AvgIpc) is 2.43. The van der Waals surface area contributed by atoms with Gasteiger partial charge in [-0.25, -0.2) is 4.79 Å². The first-order valence-electron chi connectivity index (χ1n) is 6.51. The monoisotopic (exact) mass is 265 g/mol. The van der Waals surface area contributed by atoms with Gasteiger partial charge in [0.25, 0.3) is 0 Å². The maximum atomic E-state index is 12.1. The number of hydrogen-bond donors (Lipinski definition) is 1. The van der Waals surface area contributed by atoms with E-state index < -0.39 is 0 Å². The molecule has 0 amide bonds. The Morgan fingerprint density at radius 3 is 2.70 bits per heavy atom. The largest absolute Gasteiger partial charge is 0.423 e. The van der Waals surface area contributed by atoms with Crippen molar-refractivity contribution in [1.29, 1.82) is 0 Å². The second-order valence-electron chi connectivity index (χ2n) is 4.91. The van der Waals surface area contributed by atoms with Crippen LogP contribution in [0.25, 0.3) is 11.0 Å². The Hall–Kier alpha value is -2.55. The predicted octanol–water partition coefficient (Wildman–Crippen LogP) is 3.27. The van der Waals surface area contributed by atoms with Gasteiger partial charge in [0.05, 0.1) is 0 Å². The second kappa shape index (κ2) is 4.85. The van der Waals surface area contributed by atoms with Gasteiger partial charge < -0.3 is 10.2 Å². The molecule has 0 aliphatic rings. The third kappa shape index (κ3) is 2.18. The molecule has 3 heteroatoms. The van der Waals surface area contributed by atoms with E-state index in [0.717, 1.165) is 16.5 Å². The van der Waals surface area contributed by atoms with Crippen LogP contribution in [0.2, 0.25) is 0 Å². The molecule has 0 radical (unpaired) electrons. The Morgan fingerprint density at radius 1 is 1.10 bits per heavy atom. The standard InChI is InChI=1S/C17H15NO2/c1-11-14-7-2-3-8-16(14)20-17(19)15(11)10-12-5-4-6-13(18)9-12/h2-9H,10,18H2,1H3. The van der Waals surface area contributed by atoms with E-state index in [2.05, 4.69) is 0 Å². The van der Waals surface area contributed by atoms with Gasteiger partial charge in [-0.1, -0.05) is 30.3 Å². The van der Waals surface area contributed by atoms with E-state index in [9.17, 15) is 4.79 Å². The number of hydrogen-bond acceptors (Lipinski definition) is 3. The zero-order valence-corrected chi connectivity index (χ0v) is 11.2. The maximum absolute atomic E-state index is 12.1. The lowest BCUT2D eigenvalue weighted by atomic mass is 9.99. The minimum Gasteiger partial charge on any atom is -0.423 e. The van der Waals surface area contributed by atoms with Crippen LogP contribution in [0.4, 0.5) is 5.69 Å². The van der Waals surface area contributed by atoms with Crippen LogP contribution in [-0.4, -0.2) is 0 Å². The Morgan fingerprint density at radius 2 is 1.90 bits per heavy atom. The van der Waals surface area contributed by atoms with Gasteiger partial charge in [0, 0.05) is 23.1 Å². The van der Waals surface area contributed by atoms with Crippen molar-refractivity contribution in [2.24, 2.45) is 0 Å². The van der Waals surface area contributed by atoms with Crippen LogP contribution >= 0.6 is 0 Å². The fraction of sp³-hybridized carbons (Fsp3) is 0.118. The number of rotatable bonds is 2. The molecule has 3 rings (SSSR count). The molecule has 2 aromatic carbocycles. The van der Waals surface area contributed by atoms with Gasteiger partial charge in [-0.05, 0) is 36.2 Å². The minimum atomic E-state index is -0.274. The van der Waals surface area contributed by atoms with Gasteiger partial charge in [-0.3, -0.25) is 0 Å². The highest BCUT2D eigenvalue weighted by atomic mass is 16.4. The van der Waals surface area contributed by atoms with Crippen LogP contribution < -0.4 is 11.4 Å². The van der Waals surface area contributed by atoms with Gasteiger partial charge in [0.15, 0.2) is 0 Å². The lowest BCUT2D eigenvalue weighted by Crippen LogP contribution is -2.11. The quantitative estimate of drug-likeness (QED) is 0.571. The predicted molar refractivity (Wildman–Crippen MR) is 80.9 cm³/mol. The number of anilines is 1. The molecule has 0 fully saturated rings. The third-order valence-corrected chi connectivity index (χ3v) is 3.52. The Bertz CT molecular complexity index is 834. The zero-order chi connectivity index (χ0) is 14.1. The Balaban J connectivity index is 2.14. The summed E-state index contributed by atoms with van der Waals surface area (Å²) in [7, 11) is 0. The van der Waals surface area contributed by atoms with Gasteiger partial charge in [0.2, 0.25) is 0 Å². The van der Waals surface area contributed by atoms with Crippen LogP contribution in [-0.2, 0) is 6.42 Å². The van der Waals surface area contributed by atoms with Crippen LogP contribution in [0.15, 0.2) is 57.7 Å². The third-order valence-electron chi connectivity index (χ3n) is 3.52. The zero-order valence-electron chi connectivity index (χ0n) is 11.2. The summed E-state index contributed by atoms with van der Waals surface area (Å²) in [4.78, 5) is 12.1. The molecule has 3 nitrogen and oxygen atoms in total. The summed E-state index contributed by atoms with van der Waals surface area (Å²) in [5.41, 5.74) is 9.50. The van der Waals surface area contributed by atoms with Crippen LogP contribution in [0.3, 0.4) is 0 Å². The first kappa shape index (κ1) is 12.5. The molecule has 0 bridgehead atoms. The van der Waals surface area contributed by atoms with Crippen LogP contribution in [0, 0.1) is 6.92 Å².